The van der Waals surface area contributed by atoms with Crippen molar-refractivity contribution in [2.24, 2.45) is 7.05 Å². The van der Waals surface area contributed by atoms with Crippen molar-refractivity contribution in [2.75, 3.05) is 7.05 Å². The first-order valence-corrected chi connectivity index (χ1v) is 9.71. The monoisotopic (exact) mass is 378 g/mol. The summed E-state index contributed by atoms with van der Waals surface area (Å²) in [6, 6.07) is 14.5. The Morgan fingerprint density at radius 2 is 2.11 bits per heavy atom. The molecule has 1 aromatic carbocycles. The third-order valence-corrected chi connectivity index (χ3v) is 5.42. The lowest BCUT2D eigenvalue weighted by atomic mass is 9.91. The molecular weight excluding hydrogens is 352 g/mol. The van der Waals surface area contributed by atoms with Crippen molar-refractivity contribution < 1.29 is 9.21 Å². The fraction of sp³-hybridized carbons (Fsp3) is 0.364. The summed E-state index contributed by atoms with van der Waals surface area (Å²) >= 11 is 0. The molecule has 146 valence electrons. The molecule has 3 aromatic rings. The van der Waals surface area contributed by atoms with E-state index < -0.39 is 0 Å². The van der Waals surface area contributed by atoms with E-state index >= 15 is 0 Å². The Kier molecular flexibility index (Phi) is 5.30. The van der Waals surface area contributed by atoms with E-state index in [0.29, 0.717) is 18.3 Å². The fourth-order valence-corrected chi connectivity index (χ4v) is 3.88. The van der Waals surface area contributed by atoms with Gasteiger partial charge >= 0.3 is 0 Å². The van der Waals surface area contributed by atoms with Gasteiger partial charge in [0, 0.05) is 37.9 Å². The maximum Gasteiger partial charge on any atom is 0.274 e. The number of aryl methyl sites for hydroxylation is 1. The van der Waals surface area contributed by atoms with E-state index in [-0.39, 0.29) is 5.91 Å². The predicted molar refractivity (Wildman–Crippen MR) is 107 cm³/mol. The smallest absolute Gasteiger partial charge is 0.274 e. The van der Waals surface area contributed by atoms with Crippen LogP contribution in [0.25, 0.3) is 0 Å². The summed E-state index contributed by atoms with van der Waals surface area (Å²) in [5.74, 6) is 0.708. The van der Waals surface area contributed by atoms with Crippen LogP contribution < -0.4 is 5.32 Å². The second kappa shape index (κ2) is 8.02. The number of benzene rings is 1. The first kappa shape index (κ1) is 18.5. The highest BCUT2D eigenvalue weighted by Crippen LogP contribution is 2.25. The molecule has 28 heavy (non-hydrogen) atoms. The van der Waals surface area contributed by atoms with Crippen molar-refractivity contribution in [3.63, 3.8) is 0 Å². The zero-order valence-corrected chi connectivity index (χ0v) is 16.4. The van der Waals surface area contributed by atoms with E-state index in [1.54, 1.807) is 18.2 Å². The predicted octanol–water partition coefficient (Wildman–Crippen LogP) is 2.93. The number of aromatic nitrogens is 2. The summed E-state index contributed by atoms with van der Waals surface area (Å²) in [7, 11) is 3.72. The third-order valence-electron chi connectivity index (χ3n) is 5.42. The van der Waals surface area contributed by atoms with Gasteiger partial charge in [-0.05, 0) is 37.0 Å². The van der Waals surface area contributed by atoms with Gasteiger partial charge in [-0.1, -0.05) is 30.3 Å². The maximum atomic E-state index is 13.0. The first-order chi connectivity index (χ1) is 13.6. The Balaban J connectivity index is 1.47. The van der Waals surface area contributed by atoms with E-state index in [9.17, 15) is 4.79 Å². The molecule has 0 radical (unpaired) electrons. The van der Waals surface area contributed by atoms with Gasteiger partial charge in [0.25, 0.3) is 5.91 Å². The molecule has 6 nitrogen and oxygen atoms in total. The number of carbonyl (C=O) groups is 1. The normalized spacial score (nSPS) is 16.0. The van der Waals surface area contributed by atoms with Gasteiger partial charge in [0.2, 0.25) is 0 Å². The highest BCUT2D eigenvalue weighted by Gasteiger charge is 2.29. The number of fused-ring (bicyclic) bond motifs is 1. The Bertz CT molecular complexity index is 931. The van der Waals surface area contributed by atoms with Gasteiger partial charge in [-0.3, -0.25) is 9.48 Å². The van der Waals surface area contributed by atoms with Crippen LogP contribution in [-0.4, -0.2) is 33.7 Å². The van der Waals surface area contributed by atoms with Crippen LogP contribution in [0.1, 0.15) is 39.5 Å². The van der Waals surface area contributed by atoms with E-state index in [4.69, 9.17) is 4.42 Å². The van der Waals surface area contributed by atoms with Crippen molar-refractivity contribution in [1.82, 2.24) is 20.0 Å². The molecule has 6 heteroatoms. The molecule has 0 aliphatic heterocycles. The molecule has 0 saturated carbocycles. The van der Waals surface area contributed by atoms with Crippen molar-refractivity contribution in [1.29, 1.82) is 0 Å². The standard InChI is InChI=1S/C22H26N4O2/c1-25(15-18-9-6-12-28-18)22(27)21-19-13-17(10-11-20(19)26(2)24-21)23-14-16-7-4-3-5-8-16/h3-9,12,17,23H,10-11,13-15H2,1-2H3/t17-/m0/s1. The Hall–Kier alpha value is -2.86. The number of hydrogen-bond acceptors (Lipinski definition) is 4. The van der Waals surface area contributed by atoms with E-state index in [1.807, 2.05) is 29.9 Å². The minimum Gasteiger partial charge on any atom is -0.467 e. The summed E-state index contributed by atoms with van der Waals surface area (Å²) in [6.07, 6.45) is 4.43. The average molecular weight is 378 g/mol. The lowest BCUT2D eigenvalue weighted by Gasteiger charge is -2.25. The molecule has 1 amide bonds. The number of rotatable bonds is 6. The number of amides is 1. The minimum atomic E-state index is -0.0584. The second-order valence-electron chi connectivity index (χ2n) is 7.44. The van der Waals surface area contributed by atoms with Gasteiger partial charge in [-0.25, -0.2) is 0 Å². The molecule has 0 unspecified atom stereocenters. The Morgan fingerprint density at radius 3 is 2.86 bits per heavy atom. The molecule has 4 rings (SSSR count). The van der Waals surface area contributed by atoms with Gasteiger partial charge < -0.3 is 14.6 Å². The molecule has 2 heterocycles. The van der Waals surface area contributed by atoms with Crippen LogP contribution >= 0.6 is 0 Å². The second-order valence-corrected chi connectivity index (χ2v) is 7.44. The minimum absolute atomic E-state index is 0.0584. The van der Waals surface area contributed by atoms with Crippen molar-refractivity contribution in [3.8, 4) is 0 Å². The van der Waals surface area contributed by atoms with Crippen molar-refractivity contribution in [3.05, 3.63) is 77.0 Å². The molecular formula is C22H26N4O2. The van der Waals surface area contributed by atoms with Gasteiger partial charge in [-0.2, -0.15) is 5.10 Å². The summed E-state index contributed by atoms with van der Waals surface area (Å²) in [4.78, 5) is 14.7. The SMILES string of the molecule is CN(Cc1ccco1)C(=O)c1nn(C)c2c1C[C@@H](NCc1ccccc1)CC2. The summed E-state index contributed by atoms with van der Waals surface area (Å²) in [5.41, 5.74) is 4.09. The fourth-order valence-electron chi connectivity index (χ4n) is 3.88. The lowest BCUT2D eigenvalue weighted by Crippen LogP contribution is -2.35. The first-order valence-electron chi connectivity index (χ1n) is 9.71. The summed E-state index contributed by atoms with van der Waals surface area (Å²) < 4.78 is 7.24. The number of hydrogen-bond donors (Lipinski definition) is 1. The maximum absolute atomic E-state index is 13.0. The van der Waals surface area contributed by atoms with Crippen LogP contribution in [0.4, 0.5) is 0 Å². The molecule has 0 saturated heterocycles. The van der Waals surface area contributed by atoms with E-state index in [0.717, 1.165) is 37.1 Å². The molecule has 1 aliphatic rings. The largest absolute Gasteiger partial charge is 0.467 e. The Labute approximate surface area is 165 Å². The molecule has 0 bridgehead atoms. The summed E-state index contributed by atoms with van der Waals surface area (Å²) in [5, 5.41) is 8.21. The topological polar surface area (TPSA) is 63.3 Å². The van der Waals surface area contributed by atoms with Gasteiger partial charge in [0.1, 0.15) is 5.76 Å². The van der Waals surface area contributed by atoms with Crippen LogP contribution in [0.15, 0.2) is 53.1 Å². The number of nitrogens with zero attached hydrogens (tertiary/aromatic N) is 3. The quantitative estimate of drug-likeness (QED) is 0.716. The lowest BCUT2D eigenvalue weighted by molar-refractivity contribution is 0.0767. The van der Waals surface area contributed by atoms with Crippen molar-refractivity contribution >= 4 is 5.91 Å². The van der Waals surface area contributed by atoms with Crippen LogP contribution in [0.5, 0.6) is 0 Å². The number of nitrogens with one attached hydrogen (secondary N) is 1. The van der Waals surface area contributed by atoms with Crippen LogP contribution in [-0.2, 0) is 33.0 Å². The highest BCUT2D eigenvalue weighted by atomic mass is 16.3. The molecule has 1 atom stereocenters. The third kappa shape index (κ3) is 3.87. The van der Waals surface area contributed by atoms with E-state index in [1.165, 1.54) is 11.3 Å². The highest BCUT2D eigenvalue weighted by molar-refractivity contribution is 5.94. The molecule has 0 spiro atoms. The van der Waals surface area contributed by atoms with Gasteiger partial charge in [0.15, 0.2) is 5.69 Å². The van der Waals surface area contributed by atoms with Crippen LogP contribution in [0, 0.1) is 0 Å². The van der Waals surface area contributed by atoms with Crippen LogP contribution in [0.3, 0.4) is 0 Å². The molecule has 0 fully saturated rings. The van der Waals surface area contributed by atoms with Crippen LogP contribution in [0.2, 0.25) is 0 Å². The number of furan rings is 1. The zero-order valence-electron chi connectivity index (χ0n) is 16.4. The molecule has 1 N–H and O–H groups in total. The Morgan fingerprint density at radius 1 is 1.29 bits per heavy atom. The average Bonchev–Trinajstić information content (AvgIpc) is 3.34. The zero-order chi connectivity index (χ0) is 19.5. The van der Waals surface area contributed by atoms with Crippen molar-refractivity contribution in [2.45, 2.75) is 38.4 Å². The number of carbonyl (C=O) groups excluding carboxylic acids is 1. The summed E-state index contributed by atoms with van der Waals surface area (Å²) in [6.45, 7) is 1.27. The van der Waals surface area contributed by atoms with Gasteiger partial charge in [-0.15, -0.1) is 0 Å². The molecule has 2 aromatic heterocycles. The van der Waals surface area contributed by atoms with Gasteiger partial charge in [0.05, 0.1) is 12.8 Å². The molecule has 1 aliphatic carbocycles. The van der Waals surface area contributed by atoms with E-state index in [2.05, 4.69) is 34.7 Å².